The van der Waals surface area contributed by atoms with Crippen molar-refractivity contribution in [2.24, 2.45) is 0 Å². The highest BCUT2D eigenvalue weighted by atomic mass is 32.1. The Morgan fingerprint density at radius 2 is 2.17 bits per heavy atom. The number of hydrogen-bond acceptors (Lipinski definition) is 5. The maximum absolute atomic E-state index is 10.5. The van der Waals surface area contributed by atoms with Gasteiger partial charge in [-0.25, -0.2) is 4.98 Å². The highest BCUT2D eigenvalue weighted by molar-refractivity contribution is 7.13. The molecule has 5 nitrogen and oxygen atoms in total. The van der Waals surface area contributed by atoms with E-state index in [2.05, 4.69) is 15.3 Å². The number of hydrogen-bond donors (Lipinski definition) is 2. The van der Waals surface area contributed by atoms with Crippen LogP contribution in [0.5, 0.6) is 0 Å². The van der Waals surface area contributed by atoms with E-state index in [9.17, 15) is 4.79 Å². The van der Waals surface area contributed by atoms with E-state index >= 15 is 0 Å². The minimum atomic E-state index is -0.858. The molecule has 2 aromatic heterocycles. The quantitative estimate of drug-likeness (QED) is 0.831. The number of carbonyl (C=O) groups is 1. The number of nitrogens with one attached hydrogen (secondary N) is 1. The molecule has 0 aliphatic rings. The van der Waals surface area contributed by atoms with Gasteiger partial charge in [-0.1, -0.05) is 0 Å². The molecule has 0 spiro atoms. The minimum absolute atomic E-state index is 0.0253. The molecule has 94 valence electrons. The first kappa shape index (κ1) is 12.5. The summed E-state index contributed by atoms with van der Waals surface area (Å²) >= 11 is 1.43. The Morgan fingerprint density at radius 3 is 2.89 bits per heavy atom. The Balaban J connectivity index is 1.80. The van der Waals surface area contributed by atoms with Crippen LogP contribution in [0.2, 0.25) is 0 Å². The Hall–Kier alpha value is -1.95. The van der Waals surface area contributed by atoms with Crippen LogP contribution >= 0.6 is 11.3 Å². The van der Waals surface area contributed by atoms with Crippen molar-refractivity contribution in [1.29, 1.82) is 0 Å². The number of anilines is 1. The van der Waals surface area contributed by atoms with Crippen molar-refractivity contribution < 1.29 is 9.90 Å². The van der Waals surface area contributed by atoms with E-state index in [0.29, 0.717) is 5.69 Å². The smallest absolute Gasteiger partial charge is 0.309 e. The predicted octanol–water partition coefficient (Wildman–Crippen LogP) is 1.82. The summed E-state index contributed by atoms with van der Waals surface area (Å²) in [7, 11) is 0. The molecule has 0 aliphatic heterocycles. The van der Waals surface area contributed by atoms with E-state index < -0.39 is 5.97 Å². The van der Waals surface area contributed by atoms with Crippen LogP contribution in [-0.4, -0.2) is 27.6 Å². The van der Waals surface area contributed by atoms with Crippen molar-refractivity contribution in [2.45, 2.75) is 12.8 Å². The molecule has 0 atom stereocenters. The summed E-state index contributed by atoms with van der Waals surface area (Å²) < 4.78 is 0. The van der Waals surface area contributed by atoms with Gasteiger partial charge in [0.15, 0.2) is 5.13 Å². The third-order valence-electron chi connectivity index (χ3n) is 2.32. The molecule has 0 saturated carbocycles. The van der Waals surface area contributed by atoms with Crippen molar-refractivity contribution in [2.75, 3.05) is 11.9 Å². The molecular formula is C12H13N3O2S. The number of thiazole rings is 1. The summed E-state index contributed by atoms with van der Waals surface area (Å²) in [4.78, 5) is 18.7. The number of carboxylic acid groups (broad SMARTS) is 1. The van der Waals surface area contributed by atoms with E-state index in [1.165, 1.54) is 16.9 Å². The Bertz CT molecular complexity index is 513. The van der Waals surface area contributed by atoms with Crippen molar-refractivity contribution in [3.05, 3.63) is 41.2 Å². The van der Waals surface area contributed by atoms with Gasteiger partial charge in [-0.3, -0.25) is 9.78 Å². The third kappa shape index (κ3) is 3.81. The third-order valence-corrected chi connectivity index (χ3v) is 3.17. The minimum Gasteiger partial charge on any atom is -0.481 e. The van der Waals surface area contributed by atoms with E-state index in [1.807, 2.05) is 12.1 Å². The second-order valence-corrected chi connectivity index (χ2v) is 4.60. The fourth-order valence-electron chi connectivity index (χ4n) is 1.49. The first-order valence-corrected chi connectivity index (χ1v) is 6.41. The molecule has 0 radical (unpaired) electrons. The lowest BCUT2D eigenvalue weighted by atomic mass is 10.2. The van der Waals surface area contributed by atoms with Crippen LogP contribution in [0.15, 0.2) is 29.9 Å². The van der Waals surface area contributed by atoms with Gasteiger partial charge in [-0.2, -0.15) is 0 Å². The molecule has 0 fully saturated rings. The number of nitrogens with zero attached hydrogens (tertiary/aromatic N) is 2. The van der Waals surface area contributed by atoms with Gasteiger partial charge < -0.3 is 10.4 Å². The molecule has 0 saturated heterocycles. The van der Waals surface area contributed by atoms with Crippen LogP contribution in [0.25, 0.3) is 0 Å². The van der Waals surface area contributed by atoms with E-state index in [4.69, 9.17) is 5.11 Å². The lowest BCUT2D eigenvalue weighted by Crippen LogP contribution is -2.05. The maximum Gasteiger partial charge on any atom is 0.309 e. The molecule has 2 N–H and O–H groups in total. The molecular weight excluding hydrogens is 250 g/mol. The van der Waals surface area contributed by atoms with Crippen LogP contribution in [0.4, 0.5) is 5.13 Å². The largest absolute Gasteiger partial charge is 0.481 e. The highest BCUT2D eigenvalue weighted by Gasteiger charge is 2.05. The second kappa shape index (κ2) is 6.11. The van der Waals surface area contributed by atoms with Crippen molar-refractivity contribution in [1.82, 2.24) is 9.97 Å². The van der Waals surface area contributed by atoms with E-state index in [1.54, 1.807) is 17.8 Å². The lowest BCUT2D eigenvalue weighted by molar-refractivity contribution is -0.136. The van der Waals surface area contributed by atoms with Gasteiger partial charge in [-0.15, -0.1) is 11.3 Å². The second-order valence-electron chi connectivity index (χ2n) is 3.75. The Labute approximate surface area is 109 Å². The van der Waals surface area contributed by atoms with E-state index in [-0.39, 0.29) is 6.42 Å². The molecule has 2 aromatic rings. The average Bonchev–Trinajstić information content (AvgIpc) is 2.77. The highest BCUT2D eigenvalue weighted by Crippen LogP contribution is 2.15. The van der Waals surface area contributed by atoms with Crippen molar-refractivity contribution in [3.8, 4) is 0 Å². The van der Waals surface area contributed by atoms with Crippen LogP contribution in [0.1, 0.15) is 11.3 Å². The van der Waals surface area contributed by atoms with Crippen LogP contribution in [-0.2, 0) is 17.6 Å². The van der Waals surface area contributed by atoms with Gasteiger partial charge in [0.2, 0.25) is 0 Å². The zero-order valence-corrected chi connectivity index (χ0v) is 10.5. The predicted molar refractivity (Wildman–Crippen MR) is 69.9 cm³/mol. The Kier molecular flexibility index (Phi) is 4.25. The molecule has 2 rings (SSSR count). The number of carboxylic acids is 1. The summed E-state index contributed by atoms with van der Waals surface area (Å²) in [6, 6.07) is 3.94. The Morgan fingerprint density at radius 1 is 1.39 bits per heavy atom. The van der Waals surface area contributed by atoms with Crippen LogP contribution < -0.4 is 5.32 Å². The van der Waals surface area contributed by atoms with Gasteiger partial charge in [0.25, 0.3) is 0 Å². The monoisotopic (exact) mass is 263 g/mol. The fourth-order valence-corrected chi connectivity index (χ4v) is 2.23. The molecule has 0 bridgehead atoms. The average molecular weight is 263 g/mol. The number of aliphatic carboxylic acids is 1. The van der Waals surface area contributed by atoms with Crippen LogP contribution in [0, 0.1) is 0 Å². The summed E-state index contributed by atoms with van der Waals surface area (Å²) in [5, 5.41) is 14.4. The number of aromatic nitrogens is 2. The van der Waals surface area contributed by atoms with E-state index in [0.717, 1.165) is 18.1 Å². The van der Waals surface area contributed by atoms with Gasteiger partial charge in [0.05, 0.1) is 12.1 Å². The topological polar surface area (TPSA) is 75.1 Å². The number of pyridine rings is 1. The van der Waals surface area contributed by atoms with Crippen LogP contribution in [0.3, 0.4) is 0 Å². The molecule has 2 heterocycles. The first-order valence-electron chi connectivity index (χ1n) is 5.53. The van der Waals surface area contributed by atoms with Crippen molar-refractivity contribution >= 4 is 22.4 Å². The number of rotatable bonds is 6. The summed E-state index contributed by atoms with van der Waals surface area (Å²) in [5.41, 5.74) is 1.80. The molecule has 0 amide bonds. The van der Waals surface area contributed by atoms with Gasteiger partial charge in [-0.05, 0) is 24.1 Å². The molecule has 0 unspecified atom stereocenters. The zero-order chi connectivity index (χ0) is 12.8. The molecule has 18 heavy (non-hydrogen) atoms. The van der Waals surface area contributed by atoms with Gasteiger partial charge in [0.1, 0.15) is 0 Å². The first-order chi connectivity index (χ1) is 8.74. The van der Waals surface area contributed by atoms with Gasteiger partial charge >= 0.3 is 5.97 Å². The molecule has 0 aromatic carbocycles. The lowest BCUT2D eigenvalue weighted by Gasteiger charge is -2.02. The van der Waals surface area contributed by atoms with Gasteiger partial charge in [0, 0.05) is 24.3 Å². The maximum atomic E-state index is 10.5. The summed E-state index contributed by atoms with van der Waals surface area (Å²) in [6.45, 7) is 0.768. The fraction of sp³-hybridized carbons (Fsp3) is 0.250. The summed E-state index contributed by atoms with van der Waals surface area (Å²) in [5.74, 6) is -0.858. The summed E-state index contributed by atoms with van der Waals surface area (Å²) in [6.07, 6.45) is 4.40. The van der Waals surface area contributed by atoms with Crippen molar-refractivity contribution in [3.63, 3.8) is 0 Å². The molecule has 0 aliphatic carbocycles. The normalized spacial score (nSPS) is 10.2. The standard InChI is InChI=1S/C12H13N3O2S/c16-11(17)7-10-8-18-12(15-10)14-6-3-9-1-4-13-5-2-9/h1-2,4-5,8H,3,6-7H2,(H,14,15)(H,16,17). The SMILES string of the molecule is O=C(O)Cc1csc(NCCc2ccncc2)n1. The molecule has 6 heteroatoms. The zero-order valence-electron chi connectivity index (χ0n) is 9.67.